The lowest BCUT2D eigenvalue weighted by Crippen LogP contribution is -2.26. The minimum atomic E-state index is -0.109. The van der Waals surface area contributed by atoms with E-state index >= 15 is 0 Å². The van der Waals surface area contributed by atoms with E-state index < -0.39 is 0 Å². The van der Waals surface area contributed by atoms with Gasteiger partial charge in [0.2, 0.25) is 6.79 Å². The van der Waals surface area contributed by atoms with Crippen LogP contribution in [0.25, 0.3) is 0 Å². The van der Waals surface area contributed by atoms with Gasteiger partial charge in [-0.25, -0.2) is 0 Å². The van der Waals surface area contributed by atoms with E-state index in [0.29, 0.717) is 17.1 Å². The zero-order valence-corrected chi connectivity index (χ0v) is 12.1. The summed E-state index contributed by atoms with van der Waals surface area (Å²) in [6, 6.07) is 9.32. The van der Waals surface area contributed by atoms with E-state index in [1.807, 2.05) is 13.0 Å². The second-order valence-corrected chi connectivity index (χ2v) is 6.03. The van der Waals surface area contributed by atoms with E-state index in [-0.39, 0.29) is 18.7 Å². The number of fused-ring (bicyclic) bond motifs is 1. The molecule has 0 spiro atoms. The van der Waals surface area contributed by atoms with Crippen molar-refractivity contribution in [1.29, 1.82) is 0 Å². The molecule has 2 aromatic rings. The number of rotatable bonds is 3. The summed E-state index contributed by atoms with van der Waals surface area (Å²) >= 11 is 1.69. The molecule has 0 saturated carbocycles. The molecule has 1 atom stereocenters. The third-order valence-electron chi connectivity index (χ3n) is 3.17. The van der Waals surface area contributed by atoms with E-state index in [1.165, 1.54) is 4.88 Å². The van der Waals surface area contributed by atoms with Crippen LogP contribution in [0.1, 0.15) is 33.1 Å². The van der Waals surface area contributed by atoms with Crippen molar-refractivity contribution in [2.45, 2.75) is 19.9 Å². The van der Waals surface area contributed by atoms with Crippen LogP contribution in [0.5, 0.6) is 11.5 Å². The Balaban J connectivity index is 1.73. The minimum Gasteiger partial charge on any atom is -0.454 e. The fourth-order valence-corrected chi connectivity index (χ4v) is 2.95. The van der Waals surface area contributed by atoms with Crippen molar-refractivity contribution < 1.29 is 14.3 Å². The highest BCUT2D eigenvalue weighted by Gasteiger charge is 2.18. The van der Waals surface area contributed by atoms with Crippen molar-refractivity contribution in [1.82, 2.24) is 5.32 Å². The van der Waals surface area contributed by atoms with Gasteiger partial charge in [-0.15, -0.1) is 11.3 Å². The molecule has 5 heteroatoms. The van der Waals surface area contributed by atoms with Crippen LogP contribution in [-0.4, -0.2) is 12.7 Å². The Morgan fingerprint density at radius 2 is 2.05 bits per heavy atom. The van der Waals surface area contributed by atoms with Gasteiger partial charge >= 0.3 is 0 Å². The van der Waals surface area contributed by atoms with Gasteiger partial charge in [0, 0.05) is 15.3 Å². The lowest BCUT2D eigenvalue weighted by Gasteiger charge is -2.12. The topological polar surface area (TPSA) is 47.6 Å². The van der Waals surface area contributed by atoms with Gasteiger partial charge in [-0.2, -0.15) is 0 Å². The van der Waals surface area contributed by atoms with E-state index in [2.05, 4.69) is 18.3 Å². The van der Waals surface area contributed by atoms with Gasteiger partial charge < -0.3 is 14.8 Å². The molecule has 20 heavy (non-hydrogen) atoms. The van der Waals surface area contributed by atoms with Crippen molar-refractivity contribution in [2.24, 2.45) is 0 Å². The van der Waals surface area contributed by atoms with Crippen molar-refractivity contribution in [3.63, 3.8) is 0 Å². The number of aryl methyl sites for hydroxylation is 1. The first kappa shape index (κ1) is 13.0. The minimum absolute atomic E-state index is 0.00776. The predicted molar refractivity (Wildman–Crippen MR) is 77.5 cm³/mol. The summed E-state index contributed by atoms with van der Waals surface area (Å²) in [7, 11) is 0. The van der Waals surface area contributed by atoms with E-state index in [9.17, 15) is 4.79 Å². The average molecular weight is 289 g/mol. The van der Waals surface area contributed by atoms with E-state index in [4.69, 9.17) is 9.47 Å². The molecule has 104 valence electrons. The van der Waals surface area contributed by atoms with Crippen LogP contribution in [0.3, 0.4) is 0 Å². The number of nitrogens with one attached hydrogen (secondary N) is 1. The van der Waals surface area contributed by atoms with Gasteiger partial charge in [0.25, 0.3) is 5.91 Å². The van der Waals surface area contributed by atoms with E-state index in [1.54, 1.807) is 29.5 Å². The van der Waals surface area contributed by atoms with Crippen molar-refractivity contribution in [3.05, 3.63) is 45.6 Å². The average Bonchev–Trinajstić information content (AvgIpc) is 3.05. The van der Waals surface area contributed by atoms with Crippen molar-refractivity contribution >= 4 is 17.2 Å². The summed E-state index contributed by atoms with van der Waals surface area (Å²) in [6.07, 6.45) is 0. The van der Waals surface area contributed by atoms with Crippen LogP contribution in [0.15, 0.2) is 30.3 Å². The Labute approximate surface area is 121 Å². The summed E-state index contributed by atoms with van der Waals surface area (Å²) in [5, 5.41) is 2.99. The largest absolute Gasteiger partial charge is 0.454 e. The normalized spacial score (nSPS) is 14.1. The summed E-state index contributed by atoms with van der Waals surface area (Å²) in [5.74, 6) is 1.20. The number of carbonyl (C=O) groups is 1. The van der Waals surface area contributed by atoms with Gasteiger partial charge in [-0.05, 0) is 44.2 Å². The first-order valence-electron chi connectivity index (χ1n) is 6.40. The number of benzene rings is 1. The Bertz CT molecular complexity index is 650. The predicted octanol–water partition coefficient (Wildman–Crippen LogP) is 3.28. The molecule has 1 aromatic carbocycles. The maximum atomic E-state index is 12.2. The maximum Gasteiger partial charge on any atom is 0.251 e. The van der Waals surface area contributed by atoms with Gasteiger partial charge in [-0.1, -0.05) is 0 Å². The molecule has 0 unspecified atom stereocenters. The third kappa shape index (κ3) is 2.49. The van der Waals surface area contributed by atoms with Gasteiger partial charge in [0.1, 0.15) is 0 Å². The fourth-order valence-electron chi connectivity index (χ4n) is 2.08. The molecule has 4 nitrogen and oxygen atoms in total. The number of amides is 1. The standard InChI is InChI=1S/C15H15NO3S/c1-9-3-6-14(20-9)10(2)16-15(17)11-4-5-12-13(7-11)19-8-18-12/h3-7,10H,8H2,1-2H3,(H,16,17)/t10-/m0/s1. The molecule has 3 rings (SSSR count). The number of hydrogen-bond acceptors (Lipinski definition) is 4. The lowest BCUT2D eigenvalue weighted by molar-refractivity contribution is 0.0940. The smallest absolute Gasteiger partial charge is 0.251 e. The van der Waals surface area contributed by atoms with Crippen LogP contribution in [-0.2, 0) is 0 Å². The monoisotopic (exact) mass is 289 g/mol. The van der Waals surface area contributed by atoms with Crippen LogP contribution in [0.2, 0.25) is 0 Å². The van der Waals surface area contributed by atoms with Crippen LogP contribution in [0, 0.1) is 6.92 Å². The molecule has 2 heterocycles. The molecule has 0 bridgehead atoms. The van der Waals surface area contributed by atoms with Gasteiger partial charge in [0.05, 0.1) is 6.04 Å². The lowest BCUT2D eigenvalue weighted by atomic mass is 10.1. The molecular weight excluding hydrogens is 274 g/mol. The fraction of sp³-hybridized carbons (Fsp3) is 0.267. The molecule has 0 fully saturated rings. The molecule has 1 aliphatic rings. The Kier molecular flexibility index (Phi) is 3.36. The Morgan fingerprint density at radius 3 is 2.80 bits per heavy atom. The first-order valence-corrected chi connectivity index (χ1v) is 7.22. The number of ether oxygens (including phenoxy) is 2. The number of thiophene rings is 1. The summed E-state index contributed by atoms with van der Waals surface area (Å²) < 4.78 is 10.5. The SMILES string of the molecule is Cc1ccc([C@H](C)NC(=O)c2ccc3c(c2)OCO3)s1. The quantitative estimate of drug-likeness (QED) is 0.943. The molecule has 1 aromatic heterocycles. The molecular formula is C15H15NO3S. The molecule has 1 amide bonds. The molecule has 0 aliphatic carbocycles. The highest BCUT2D eigenvalue weighted by Crippen LogP contribution is 2.32. The zero-order valence-electron chi connectivity index (χ0n) is 11.3. The Hall–Kier alpha value is -2.01. The summed E-state index contributed by atoms with van der Waals surface area (Å²) in [5.41, 5.74) is 0.578. The van der Waals surface area contributed by atoms with Crippen molar-refractivity contribution in [2.75, 3.05) is 6.79 Å². The first-order chi connectivity index (χ1) is 9.63. The molecule has 1 N–H and O–H groups in total. The summed E-state index contributed by atoms with van der Waals surface area (Å²) in [4.78, 5) is 14.6. The highest BCUT2D eigenvalue weighted by atomic mass is 32.1. The van der Waals surface area contributed by atoms with Crippen LogP contribution in [0.4, 0.5) is 0 Å². The van der Waals surface area contributed by atoms with E-state index in [0.717, 1.165) is 4.88 Å². The van der Waals surface area contributed by atoms with Gasteiger partial charge in [-0.3, -0.25) is 4.79 Å². The van der Waals surface area contributed by atoms with Crippen LogP contribution >= 0.6 is 11.3 Å². The Morgan fingerprint density at radius 1 is 1.25 bits per heavy atom. The second kappa shape index (κ2) is 5.17. The molecule has 0 saturated heterocycles. The highest BCUT2D eigenvalue weighted by molar-refractivity contribution is 7.12. The summed E-state index contributed by atoms with van der Waals surface area (Å²) in [6.45, 7) is 4.25. The second-order valence-electron chi connectivity index (χ2n) is 4.71. The molecule has 1 aliphatic heterocycles. The third-order valence-corrected chi connectivity index (χ3v) is 4.35. The van der Waals surface area contributed by atoms with Crippen molar-refractivity contribution in [3.8, 4) is 11.5 Å². The molecule has 0 radical (unpaired) electrons. The number of carbonyl (C=O) groups excluding carboxylic acids is 1. The zero-order chi connectivity index (χ0) is 14.1. The van der Waals surface area contributed by atoms with Gasteiger partial charge in [0.15, 0.2) is 11.5 Å². The van der Waals surface area contributed by atoms with Crippen LogP contribution < -0.4 is 14.8 Å². The maximum absolute atomic E-state index is 12.2. The number of hydrogen-bond donors (Lipinski definition) is 1.